The van der Waals surface area contributed by atoms with Crippen LogP contribution in [0.5, 0.6) is 0 Å². The van der Waals surface area contributed by atoms with E-state index < -0.39 is 12.2 Å². The number of H-pyrrole nitrogens is 1. The molecule has 0 aliphatic carbocycles. The summed E-state index contributed by atoms with van der Waals surface area (Å²) in [5, 5.41) is 27.1. The Labute approximate surface area is 143 Å². The van der Waals surface area contributed by atoms with Crippen molar-refractivity contribution in [1.82, 2.24) is 15.1 Å². The zero-order chi connectivity index (χ0) is 17.9. The molecule has 2 heterocycles. The Bertz CT molecular complexity index is 558. The van der Waals surface area contributed by atoms with Crippen LogP contribution in [0.2, 0.25) is 0 Å². The molecule has 0 saturated carbocycles. The van der Waals surface area contributed by atoms with Gasteiger partial charge in [0.05, 0.1) is 19.3 Å². The van der Waals surface area contributed by atoms with Crippen molar-refractivity contribution in [3.05, 3.63) is 17.0 Å². The number of rotatable bonds is 6. The van der Waals surface area contributed by atoms with Gasteiger partial charge in [-0.15, -0.1) is 0 Å². The largest absolute Gasteiger partial charge is 0.390 e. The fraction of sp³-hybridized carbons (Fsp3) is 0.765. The predicted octanol–water partition coefficient (Wildman–Crippen LogP) is 0.747. The molecule has 24 heavy (non-hydrogen) atoms. The molecule has 0 bridgehead atoms. The smallest absolute Gasteiger partial charge is 0.274 e. The Morgan fingerprint density at radius 1 is 1.42 bits per heavy atom. The zero-order valence-electron chi connectivity index (χ0n) is 15.0. The second-order valence-corrected chi connectivity index (χ2v) is 6.99. The summed E-state index contributed by atoms with van der Waals surface area (Å²) in [5.74, 6) is -0.170. The van der Waals surface area contributed by atoms with Gasteiger partial charge in [-0.05, 0) is 19.3 Å². The van der Waals surface area contributed by atoms with Gasteiger partial charge in [-0.3, -0.25) is 9.89 Å². The van der Waals surface area contributed by atoms with E-state index in [2.05, 4.69) is 10.2 Å². The fourth-order valence-electron chi connectivity index (χ4n) is 3.11. The summed E-state index contributed by atoms with van der Waals surface area (Å²) in [4.78, 5) is 14.7. The number of hydrogen-bond donors (Lipinski definition) is 3. The van der Waals surface area contributed by atoms with Gasteiger partial charge in [-0.2, -0.15) is 5.10 Å². The van der Waals surface area contributed by atoms with Gasteiger partial charge in [0.15, 0.2) is 5.69 Å². The molecule has 1 aromatic rings. The minimum Gasteiger partial charge on any atom is -0.390 e. The fourth-order valence-corrected chi connectivity index (χ4v) is 3.11. The third kappa shape index (κ3) is 4.15. The molecule has 1 aliphatic heterocycles. The molecule has 2 rings (SSSR count). The highest BCUT2D eigenvalue weighted by molar-refractivity contribution is 5.94. The highest BCUT2D eigenvalue weighted by atomic mass is 16.5. The summed E-state index contributed by atoms with van der Waals surface area (Å²) in [5.41, 5.74) is 2.26. The summed E-state index contributed by atoms with van der Waals surface area (Å²) >= 11 is 0. The lowest BCUT2D eigenvalue weighted by Gasteiger charge is -2.35. The normalized spacial score (nSPS) is 24.4. The van der Waals surface area contributed by atoms with Crippen molar-refractivity contribution in [3.8, 4) is 0 Å². The molecule has 1 aromatic heterocycles. The van der Waals surface area contributed by atoms with Crippen molar-refractivity contribution in [2.24, 2.45) is 11.8 Å². The highest BCUT2D eigenvalue weighted by Gasteiger charge is 2.34. The van der Waals surface area contributed by atoms with Crippen molar-refractivity contribution in [2.75, 3.05) is 26.3 Å². The first-order valence-corrected chi connectivity index (χ1v) is 8.62. The third-order valence-corrected chi connectivity index (χ3v) is 4.49. The standard InChI is InChI=1S/C17H29N3O4/c1-5-13-11(4)15(19-18-13)17(23)20(6-10(2)3)7-12-8-24-9-14(21)16(12)22/h10,12,14,16,21-22H,5-9H2,1-4H3,(H,18,19)/t12-,14-,16+/m1/s1. The number of aliphatic hydroxyl groups is 2. The summed E-state index contributed by atoms with van der Waals surface area (Å²) in [6, 6.07) is 0. The van der Waals surface area contributed by atoms with Gasteiger partial charge in [-0.1, -0.05) is 20.8 Å². The topological polar surface area (TPSA) is 98.7 Å². The SMILES string of the molecule is CCc1[nH]nc(C(=O)N(CC(C)C)C[C@@H]2COC[C@@H](O)[C@H]2O)c1C. The van der Waals surface area contributed by atoms with E-state index >= 15 is 0 Å². The van der Waals surface area contributed by atoms with Gasteiger partial charge in [0.1, 0.15) is 6.10 Å². The van der Waals surface area contributed by atoms with Crippen LogP contribution in [0.25, 0.3) is 0 Å². The summed E-state index contributed by atoms with van der Waals surface area (Å²) < 4.78 is 5.33. The molecular weight excluding hydrogens is 310 g/mol. The molecule has 0 radical (unpaired) electrons. The Morgan fingerprint density at radius 2 is 2.12 bits per heavy atom. The maximum atomic E-state index is 13.0. The van der Waals surface area contributed by atoms with Gasteiger partial charge in [0.2, 0.25) is 0 Å². The number of ether oxygens (including phenoxy) is 1. The van der Waals surface area contributed by atoms with Gasteiger partial charge in [-0.25, -0.2) is 0 Å². The zero-order valence-corrected chi connectivity index (χ0v) is 15.0. The molecule has 1 saturated heterocycles. The van der Waals surface area contributed by atoms with Crippen LogP contribution in [-0.4, -0.2) is 69.7 Å². The van der Waals surface area contributed by atoms with Gasteiger partial charge in [0.25, 0.3) is 5.91 Å². The van der Waals surface area contributed by atoms with Crippen LogP contribution in [0.15, 0.2) is 0 Å². The molecule has 1 fully saturated rings. The van der Waals surface area contributed by atoms with E-state index in [-0.39, 0.29) is 24.3 Å². The number of carbonyl (C=O) groups excluding carboxylic acids is 1. The highest BCUT2D eigenvalue weighted by Crippen LogP contribution is 2.20. The van der Waals surface area contributed by atoms with Crippen LogP contribution in [0.3, 0.4) is 0 Å². The lowest BCUT2D eigenvalue weighted by Crippen LogP contribution is -2.50. The summed E-state index contributed by atoms with van der Waals surface area (Å²) in [6.45, 7) is 9.35. The molecule has 1 aliphatic rings. The van der Waals surface area contributed by atoms with Crippen LogP contribution in [-0.2, 0) is 11.2 Å². The molecular formula is C17H29N3O4. The number of aromatic nitrogens is 2. The third-order valence-electron chi connectivity index (χ3n) is 4.49. The quantitative estimate of drug-likeness (QED) is 0.710. The molecule has 7 nitrogen and oxygen atoms in total. The maximum absolute atomic E-state index is 13.0. The Hall–Kier alpha value is -1.44. The van der Waals surface area contributed by atoms with Crippen molar-refractivity contribution >= 4 is 5.91 Å². The van der Waals surface area contributed by atoms with E-state index in [1.54, 1.807) is 4.90 Å². The van der Waals surface area contributed by atoms with Crippen LogP contribution >= 0.6 is 0 Å². The second-order valence-electron chi connectivity index (χ2n) is 6.99. The number of nitrogens with zero attached hydrogens (tertiary/aromatic N) is 2. The number of aryl methyl sites for hydroxylation is 1. The van der Waals surface area contributed by atoms with E-state index in [1.807, 2.05) is 27.7 Å². The molecule has 3 N–H and O–H groups in total. The number of amides is 1. The van der Waals surface area contributed by atoms with Gasteiger partial charge in [0, 0.05) is 30.3 Å². The van der Waals surface area contributed by atoms with E-state index in [0.29, 0.717) is 25.4 Å². The Morgan fingerprint density at radius 3 is 2.71 bits per heavy atom. The van der Waals surface area contributed by atoms with Gasteiger partial charge < -0.3 is 19.8 Å². The molecule has 136 valence electrons. The number of carbonyl (C=O) groups is 1. The second kappa shape index (κ2) is 8.09. The first kappa shape index (κ1) is 18.9. The minimum absolute atomic E-state index is 0.133. The van der Waals surface area contributed by atoms with E-state index in [0.717, 1.165) is 17.7 Å². The average molecular weight is 339 g/mol. The summed E-state index contributed by atoms with van der Waals surface area (Å²) in [6.07, 6.45) is -0.997. The van der Waals surface area contributed by atoms with Crippen LogP contribution < -0.4 is 0 Å². The van der Waals surface area contributed by atoms with Crippen LogP contribution in [0, 0.1) is 18.8 Å². The number of nitrogens with one attached hydrogen (secondary N) is 1. The molecule has 0 aromatic carbocycles. The van der Waals surface area contributed by atoms with Crippen molar-refractivity contribution in [2.45, 2.75) is 46.3 Å². The lowest BCUT2D eigenvalue weighted by molar-refractivity contribution is -0.124. The molecule has 0 spiro atoms. The number of hydrogen-bond acceptors (Lipinski definition) is 5. The molecule has 7 heteroatoms. The summed E-state index contributed by atoms with van der Waals surface area (Å²) in [7, 11) is 0. The van der Waals surface area contributed by atoms with Crippen LogP contribution in [0.1, 0.15) is 42.5 Å². The Balaban J connectivity index is 2.17. The lowest BCUT2D eigenvalue weighted by atomic mass is 9.95. The predicted molar refractivity (Wildman–Crippen MR) is 89.8 cm³/mol. The van der Waals surface area contributed by atoms with Crippen molar-refractivity contribution < 1.29 is 19.7 Å². The van der Waals surface area contributed by atoms with E-state index in [9.17, 15) is 15.0 Å². The van der Waals surface area contributed by atoms with E-state index in [4.69, 9.17) is 4.74 Å². The Kier molecular flexibility index (Phi) is 6.37. The average Bonchev–Trinajstić information content (AvgIpc) is 2.90. The number of aliphatic hydroxyl groups excluding tert-OH is 2. The monoisotopic (exact) mass is 339 g/mol. The van der Waals surface area contributed by atoms with Gasteiger partial charge >= 0.3 is 0 Å². The minimum atomic E-state index is -0.904. The first-order chi connectivity index (χ1) is 11.3. The molecule has 1 amide bonds. The molecule has 0 unspecified atom stereocenters. The van der Waals surface area contributed by atoms with Crippen molar-refractivity contribution in [3.63, 3.8) is 0 Å². The maximum Gasteiger partial charge on any atom is 0.274 e. The number of aromatic amines is 1. The van der Waals surface area contributed by atoms with Crippen LogP contribution in [0.4, 0.5) is 0 Å². The van der Waals surface area contributed by atoms with E-state index in [1.165, 1.54) is 0 Å². The first-order valence-electron chi connectivity index (χ1n) is 8.62. The molecule has 3 atom stereocenters. The van der Waals surface area contributed by atoms with Crippen molar-refractivity contribution in [1.29, 1.82) is 0 Å².